The van der Waals surface area contributed by atoms with Crippen molar-refractivity contribution in [3.63, 3.8) is 0 Å². The molecule has 2 atom stereocenters. The molecule has 1 aliphatic heterocycles. The predicted octanol–water partition coefficient (Wildman–Crippen LogP) is 5.62. The number of nitrogens with zero attached hydrogens (tertiary/aromatic N) is 2. The summed E-state index contributed by atoms with van der Waals surface area (Å²) in [6.07, 6.45) is 6.39. The van der Waals surface area contributed by atoms with Crippen LogP contribution in [0.3, 0.4) is 0 Å². The first kappa shape index (κ1) is 18.6. The van der Waals surface area contributed by atoms with Crippen molar-refractivity contribution < 1.29 is 4.39 Å². The third-order valence-electron chi connectivity index (χ3n) is 7.52. The number of hydrogen-bond acceptors (Lipinski definition) is 2. The number of rotatable bonds is 2. The van der Waals surface area contributed by atoms with Crippen molar-refractivity contribution in [3.8, 4) is 0 Å². The van der Waals surface area contributed by atoms with Gasteiger partial charge in [0.2, 0.25) is 0 Å². The summed E-state index contributed by atoms with van der Waals surface area (Å²) < 4.78 is 13.5. The third kappa shape index (κ3) is 3.08. The molecule has 0 bridgehead atoms. The van der Waals surface area contributed by atoms with Crippen LogP contribution in [0.5, 0.6) is 0 Å². The van der Waals surface area contributed by atoms with E-state index in [1.165, 1.54) is 42.4 Å². The minimum atomic E-state index is -0.170. The van der Waals surface area contributed by atoms with E-state index in [-0.39, 0.29) is 5.82 Å². The molecule has 0 aromatic heterocycles. The molecule has 0 N–H and O–H groups in total. The molecule has 5 rings (SSSR count). The first-order valence-corrected chi connectivity index (χ1v) is 10.9. The Kier molecular flexibility index (Phi) is 4.73. The van der Waals surface area contributed by atoms with Crippen molar-refractivity contribution in [2.75, 3.05) is 26.7 Å². The Morgan fingerprint density at radius 2 is 1.75 bits per heavy atom. The summed E-state index contributed by atoms with van der Waals surface area (Å²) in [5, 5.41) is 0.813. The Balaban J connectivity index is 1.49. The van der Waals surface area contributed by atoms with Gasteiger partial charge >= 0.3 is 0 Å². The zero-order valence-electron chi connectivity index (χ0n) is 16.5. The summed E-state index contributed by atoms with van der Waals surface area (Å²) in [6.45, 7) is 3.38. The van der Waals surface area contributed by atoms with Crippen LogP contribution >= 0.6 is 11.6 Å². The van der Waals surface area contributed by atoms with Gasteiger partial charge < -0.3 is 0 Å². The van der Waals surface area contributed by atoms with E-state index < -0.39 is 0 Å². The van der Waals surface area contributed by atoms with Gasteiger partial charge in [-0.25, -0.2) is 4.39 Å². The summed E-state index contributed by atoms with van der Waals surface area (Å²) in [5.41, 5.74) is 4.29. The van der Waals surface area contributed by atoms with Crippen LogP contribution in [-0.4, -0.2) is 42.0 Å². The maximum Gasteiger partial charge on any atom is 0.123 e. The highest BCUT2D eigenvalue weighted by Crippen LogP contribution is 2.49. The summed E-state index contributed by atoms with van der Waals surface area (Å²) in [5.74, 6) is 0.147. The summed E-state index contributed by atoms with van der Waals surface area (Å²) in [6, 6.07) is 13.8. The van der Waals surface area contributed by atoms with Gasteiger partial charge in [0.15, 0.2) is 0 Å². The fourth-order valence-corrected chi connectivity index (χ4v) is 6.10. The van der Waals surface area contributed by atoms with Crippen LogP contribution in [0.15, 0.2) is 42.5 Å². The Hall–Kier alpha value is -1.42. The van der Waals surface area contributed by atoms with Crippen molar-refractivity contribution in [1.82, 2.24) is 9.80 Å². The lowest BCUT2D eigenvalue weighted by Crippen LogP contribution is -2.59. The molecule has 3 aliphatic rings. The van der Waals surface area contributed by atoms with Crippen molar-refractivity contribution in [2.24, 2.45) is 0 Å². The number of likely N-dealkylation sites (N-methyl/N-ethyl adjacent to an activating group) is 1. The second-order valence-electron chi connectivity index (χ2n) is 8.95. The molecule has 2 aromatic rings. The highest BCUT2D eigenvalue weighted by atomic mass is 35.5. The van der Waals surface area contributed by atoms with Crippen LogP contribution in [0.4, 0.5) is 4.39 Å². The van der Waals surface area contributed by atoms with E-state index in [1.807, 2.05) is 18.2 Å². The smallest absolute Gasteiger partial charge is 0.123 e. The van der Waals surface area contributed by atoms with E-state index in [0.29, 0.717) is 17.5 Å². The number of hydrogen-bond donors (Lipinski definition) is 0. The van der Waals surface area contributed by atoms with E-state index in [2.05, 4.69) is 29.0 Å². The molecule has 28 heavy (non-hydrogen) atoms. The molecule has 1 spiro atoms. The van der Waals surface area contributed by atoms with E-state index >= 15 is 0 Å². The predicted molar refractivity (Wildman–Crippen MR) is 112 cm³/mol. The standard InChI is InChI=1S/C24H28ClFN2/c1-27-12-13-28(16-24(27)10-2-3-11-24)23-15-21(17-4-7-19(26)8-5-17)20-9-6-18(25)14-22(20)23/h4-9,14,21,23H,2-3,10-13,15-16H2,1H3/t21-,23+/m1/s1. The van der Waals surface area contributed by atoms with Crippen molar-refractivity contribution in [1.29, 1.82) is 0 Å². The monoisotopic (exact) mass is 398 g/mol. The molecule has 2 aromatic carbocycles. The number of benzene rings is 2. The van der Waals surface area contributed by atoms with Gasteiger partial charge in [0.05, 0.1) is 0 Å². The normalized spacial score (nSPS) is 27.4. The van der Waals surface area contributed by atoms with Crippen LogP contribution in [0.1, 0.15) is 60.8 Å². The van der Waals surface area contributed by atoms with E-state index in [9.17, 15) is 4.39 Å². The molecule has 2 aliphatic carbocycles. The second kappa shape index (κ2) is 7.12. The number of fused-ring (bicyclic) bond motifs is 1. The summed E-state index contributed by atoms with van der Waals surface area (Å²) >= 11 is 6.41. The SMILES string of the molecule is CN1CCN([C@H]2C[C@H](c3ccc(F)cc3)c3ccc(Cl)cc32)CC12CCCC2. The van der Waals surface area contributed by atoms with Gasteiger partial charge in [0.25, 0.3) is 0 Å². The average molecular weight is 399 g/mol. The van der Waals surface area contributed by atoms with Crippen LogP contribution in [0.25, 0.3) is 0 Å². The Morgan fingerprint density at radius 1 is 1.00 bits per heavy atom. The molecule has 0 radical (unpaired) electrons. The average Bonchev–Trinajstić information content (AvgIpc) is 3.30. The summed E-state index contributed by atoms with van der Waals surface area (Å²) in [7, 11) is 2.31. The topological polar surface area (TPSA) is 6.48 Å². The quantitative estimate of drug-likeness (QED) is 0.648. The van der Waals surface area contributed by atoms with Gasteiger partial charge in [-0.3, -0.25) is 9.80 Å². The molecule has 148 valence electrons. The van der Waals surface area contributed by atoms with Gasteiger partial charge in [-0.15, -0.1) is 0 Å². The lowest BCUT2D eigenvalue weighted by atomic mass is 9.90. The molecule has 0 amide bonds. The maximum atomic E-state index is 13.5. The molecule has 1 heterocycles. The number of halogens is 2. The molecule has 1 saturated carbocycles. The Morgan fingerprint density at radius 3 is 2.50 bits per heavy atom. The molecular formula is C24H28ClFN2. The van der Waals surface area contributed by atoms with Gasteiger partial charge in [0.1, 0.15) is 5.82 Å². The van der Waals surface area contributed by atoms with Gasteiger partial charge in [-0.1, -0.05) is 42.6 Å². The highest BCUT2D eigenvalue weighted by Gasteiger charge is 2.45. The van der Waals surface area contributed by atoms with Crippen LogP contribution in [0, 0.1) is 5.82 Å². The van der Waals surface area contributed by atoms with Crippen LogP contribution in [0.2, 0.25) is 5.02 Å². The van der Waals surface area contributed by atoms with Crippen LogP contribution < -0.4 is 0 Å². The highest BCUT2D eigenvalue weighted by molar-refractivity contribution is 6.30. The molecule has 2 fully saturated rings. The van der Waals surface area contributed by atoms with E-state index in [0.717, 1.165) is 31.1 Å². The molecular weight excluding hydrogens is 371 g/mol. The van der Waals surface area contributed by atoms with Crippen molar-refractivity contribution >= 4 is 11.6 Å². The number of piperazine rings is 1. The zero-order chi connectivity index (χ0) is 19.3. The van der Waals surface area contributed by atoms with Crippen LogP contribution in [-0.2, 0) is 0 Å². The van der Waals surface area contributed by atoms with Gasteiger partial charge in [-0.2, -0.15) is 0 Å². The van der Waals surface area contributed by atoms with Crippen molar-refractivity contribution in [3.05, 3.63) is 70.0 Å². The Labute approximate surface area is 172 Å². The molecule has 1 saturated heterocycles. The lowest BCUT2D eigenvalue weighted by Gasteiger charge is -2.49. The van der Waals surface area contributed by atoms with E-state index in [1.54, 1.807) is 12.1 Å². The fourth-order valence-electron chi connectivity index (χ4n) is 5.92. The van der Waals surface area contributed by atoms with Crippen molar-refractivity contribution in [2.45, 2.75) is 49.6 Å². The third-order valence-corrected chi connectivity index (χ3v) is 7.75. The Bertz CT molecular complexity index is 859. The first-order chi connectivity index (χ1) is 13.6. The second-order valence-corrected chi connectivity index (χ2v) is 9.39. The summed E-state index contributed by atoms with van der Waals surface area (Å²) in [4.78, 5) is 5.33. The fraction of sp³-hybridized carbons (Fsp3) is 0.500. The largest absolute Gasteiger partial charge is 0.298 e. The maximum absolute atomic E-state index is 13.5. The molecule has 2 nitrogen and oxygen atoms in total. The van der Waals surface area contributed by atoms with E-state index in [4.69, 9.17) is 11.6 Å². The first-order valence-electron chi connectivity index (χ1n) is 10.6. The minimum Gasteiger partial charge on any atom is -0.298 e. The minimum absolute atomic E-state index is 0.170. The molecule has 0 unspecified atom stereocenters. The van der Waals surface area contributed by atoms with Gasteiger partial charge in [-0.05, 0) is 67.3 Å². The van der Waals surface area contributed by atoms with Gasteiger partial charge in [0, 0.05) is 42.2 Å². The molecule has 4 heteroatoms. The lowest BCUT2D eigenvalue weighted by molar-refractivity contribution is -0.00181. The zero-order valence-corrected chi connectivity index (χ0v) is 17.3.